The van der Waals surface area contributed by atoms with Gasteiger partial charge in [-0.05, 0) is 53.1 Å². The van der Waals surface area contributed by atoms with Crippen molar-refractivity contribution in [1.29, 1.82) is 0 Å². The quantitative estimate of drug-likeness (QED) is 0.306. The van der Waals surface area contributed by atoms with E-state index in [1.165, 1.54) is 25.3 Å². The molecule has 7 nitrogen and oxygen atoms in total. The van der Waals surface area contributed by atoms with Gasteiger partial charge in [-0.15, -0.1) is 0 Å². The van der Waals surface area contributed by atoms with Crippen molar-refractivity contribution in [3.05, 3.63) is 96.1 Å². The first kappa shape index (κ1) is 21.1. The Labute approximate surface area is 174 Å². The van der Waals surface area contributed by atoms with Crippen molar-refractivity contribution in [3.63, 3.8) is 0 Å². The molecule has 0 atom stereocenters. The van der Waals surface area contributed by atoms with Gasteiger partial charge in [-0.2, -0.15) is 0 Å². The second-order valence-corrected chi connectivity index (χ2v) is 7.94. The van der Waals surface area contributed by atoms with Gasteiger partial charge in [0.15, 0.2) is 0 Å². The maximum absolute atomic E-state index is 12.7. The molecule has 0 aliphatic rings. The number of hydrogen-bond donors (Lipinski definition) is 3. The van der Waals surface area contributed by atoms with Gasteiger partial charge in [0.25, 0.3) is 15.9 Å². The summed E-state index contributed by atoms with van der Waals surface area (Å²) in [6.45, 7) is 0. The van der Waals surface area contributed by atoms with Crippen LogP contribution in [-0.2, 0) is 14.8 Å². The van der Waals surface area contributed by atoms with Crippen LogP contribution in [0.25, 0.3) is 5.57 Å². The molecule has 0 heterocycles. The van der Waals surface area contributed by atoms with Gasteiger partial charge in [-0.3, -0.25) is 14.7 Å². The third-order valence-electron chi connectivity index (χ3n) is 4.27. The largest absolute Gasteiger partial charge is 0.497 e. The maximum atomic E-state index is 12.7. The summed E-state index contributed by atoms with van der Waals surface area (Å²) in [5, 5.41) is 8.90. The van der Waals surface area contributed by atoms with Gasteiger partial charge >= 0.3 is 0 Å². The lowest BCUT2D eigenvalue weighted by Crippen LogP contribution is -2.16. The summed E-state index contributed by atoms with van der Waals surface area (Å²) in [5.74, 6) is -0.145. The highest BCUT2D eigenvalue weighted by atomic mass is 32.2. The van der Waals surface area contributed by atoms with Gasteiger partial charge in [0.05, 0.1) is 12.0 Å². The molecule has 0 aliphatic carbocycles. The van der Waals surface area contributed by atoms with E-state index in [4.69, 9.17) is 9.94 Å². The average Bonchev–Trinajstić information content (AvgIpc) is 2.77. The topological polar surface area (TPSA) is 105 Å². The highest BCUT2D eigenvalue weighted by Crippen LogP contribution is 2.27. The molecular weight excluding hydrogens is 404 g/mol. The zero-order valence-electron chi connectivity index (χ0n) is 16.1. The molecule has 0 bridgehead atoms. The fraction of sp³-hybridized carbons (Fsp3) is 0.0455. The van der Waals surface area contributed by atoms with Crippen LogP contribution in [0.3, 0.4) is 0 Å². The van der Waals surface area contributed by atoms with Crippen molar-refractivity contribution >= 4 is 27.2 Å². The van der Waals surface area contributed by atoms with E-state index in [2.05, 4.69) is 4.72 Å². The lowest BCUT2D eigenvalue weighted by atomic mass is 9.97. The lowest BCUT2D eigenvalue weighted by Gasteiger charge is -2.12. The number of hydroxylamine groups is 1. The zero-order chi connectivity index (χ0) is 21.6. The number of methoxy groups -OCH3 is 1. The molecule has 3 aromatic carbocycles. The number of rotatable bonds is 7. The van der Waals surface area contributed by atoms with Crippen LogP contribution in [0.1, 0.15) is 11.1 Å². The SMILES string of the molecule is COc1ccc(S(=O)(=O)Nc2cccc(C(=CC(=O)NO)c3ccccc3)c2)cc1. The molecule has 0 saturated carbocycles. The molecule has 0 aromatic heterocycles. The van der Waals surface area contributed by atoms with E-state index in [-0.39, 0.29) is 4.90 Å². The molecule has 1 amide bonds. The molecule has 3 N–H and O–H groups in total. The Morgan fingerprint density at radius 2 is 1.60 bits per heavy atom. The number of ether oxygens (including phenoxy) is 1. The van der Waals surface area contributed by atoms with Crippen molar-refractivity contribution in [1.82, 2.24) is 5.48 Å². The Balaban J connectivity index is 1.95. The molecule has 0 aliphatic heterocycles. The standard InChI is InChI=1S/C22H20N2O5S/c1-29-19-10-12-20(13-11-19)30(27,28)24-18-9-5-8-17(14-18)21(15-22(25)23-26)16-6-3-2-4-7-16/h2-15,24,26H,1H3,(H,23,25). The Kier molecular flexibility index (Phi) is 6.51. The van der Waals surface area contributed by atoms with Gasteiger partial charge < -0.3 is 4.74 Å². The summed E-state index contributed by atoms with van der Waals surface area (Å²) in [4.78, 5) is 11.9. The first-order valence-electron chi connectivity index (χ1n) is 8.91. The van der Waals surface area contributed by atoms with Crippen LogP contribution in [0, 0.1) is 0 Å². The van der Waals surface area contributed by atoms with E-state index >= 15 is 0 Å². The zero-order valence-corrected chi connectivity index (χ0v) is 16.9. The number of anilines is 1. The Morgan fingerprint density at radius 3 is 2.23 bits per heavy atom. The minimum Gasteiger partial charge on any atom is -0.497 e. The Hall–Kier alpha value is -3.62. The fourth-order valence-electron chi connectivity index (χ4n) is 2.83. The predicted molar refractivity (Wildman–Crippen MR) is 114 cm³/mol. The second kappa shape index (κ2) is 9.25. The van der Waals surface area contributed by atoms with Gasteiger partial charge in [0.2, 0.25) is 0 Å². The first-order chi connectivity index (χ1) is 14.4. The van der Waals surface area contributed by atoms with Crippen LogP contribution in [0.5, 0.6) is 5.75 Å². The van der Waals surface area contributed by atoms with Crippen molar-refractivity contribution < 1.29 is 23.2 Å². The van der Waals surface area contributed by atoms with Gasteiger partial charge in [0, 0.05) is 11.8 Å². The molecule has 3 aromatic rings. The molecule has 3 rings (SSSR count). The lowest BCUT2D eigenvalue weighted by molar-refractivity contribution is -0.124. The average molecular weight is 424 g/mol. The number of nitrogens with one attached hydrogen (secondary N) is 2. The van der Waals surface area contributed by atoms with Crippen molar-refractivity contribution in [2.24, 2.45) is 0 Å². The van der Waals surface area contributed by atoms with Gasteiger partial charge in [-0.25, -0.2) is 13.9 Å². The van der Waals surface area contributed by atoms with Gasteiger partial charge in [-0.1, -0.05) is 42.5 Å². The van der Waals surface area contributed by atoms with Crippen LogP contribution in [0.15, 0.2) is 89.8 Å². The van der Waals surface area contributed by atoms with Crippen LogP contribution in [0.4, 0.5) is 5.69 Å². The third kappa shape index (κ3) is 5.05. The summed E-state index contributed by atoms with van der Waals surface area (Å²) in [7, 11) is -2.32. The van der Waals surface area contributed by atoms with Gasteiger partial charge in [0.1, 0.15) is 5.75 Å². The summed E-state index contributed by atoms with van der Waals surface area (Å²) >= 11 is 0. The molecular formula is C22H20N2O5S. The van der Waals surface area contributed by atoms with E-state index < -0.39 is 15.9 Å². The second-order valence-electron chi connectivity index (χ2n) is 6.26. The molecule has 0 unspecified atom stereocenters. The molecule has 0 radical (unpaired) electrons. The van der Waals surface area contributed by atoms with Crippen LogP contribution in [0.2, 0.25) is 0 Å². The first-order valence-corrected chi connectivity index (χ1v) is 10.4. The molecule has 30 heavy (non-hydrogen) atoms. The fourth-order valence-corrected chi connectivity index (χ4v) is 3.88. The molecule has 0 fully saturated rings. The highest BCUT2D eigenvalue weighted by molar-refractivity contribution is 7.92. The van der Waals surface area contributed by atoms with Crippen LogP contribution in [-0.4, -0.2) is 26.6 Å². The maximum Gasteiger partial charge on any atom is 0.267 e. The smallest absolute Gasteiger partial charge is 0.267 e. The predicted octanol–water partition coefficient (Wildman–Crippen LogP) is 3.43. The third-order valence-corrected chi connectivity index (χ3v) is 5.66. The highest BCUT2D eigenvalue weighted by Gasteiger charge is 2.15. The number of amides is 1. The van der Waals surface area contributed by atoms with E-state index in [1.807, 2.05) is 30.3 Å². The Morgan fingerprint density at radius 1 is 0.933 bits per heavy atom. The molecule has 154 valence electrons. The summed E-state index contributed by atoms with van der Waals surface area (Å²) in [5.41, 5.74) is 3.76. The number of hydrogen-bond acceptors (Lipinski definition) is 5. The summed E-state index contributed by atoms with van der Waals surface area (Å²) < 4.78 is 33.0. The number of sulfonamides is 1. The van der Waals surface area contributed by atoms with Crippen molar-refractivity contribution in [3.8, 4) is 5.75 Å². The summed E-state index contributed by atoms with van der Waals surface area (Å²) in [6.07, 6.45) is 1.24. The number of carbonyl (C=O) groups is 1. The Bertz CT molecular complexity index is 1160. The van der Waals surface area contributed by atoms with E-state index in [9.17, 15) is 13.2 Å². The van der Waals surface area contributed by atoms with Crippen LogP contribution < -0.4 is 14.9 Å². The number of carbonyl (C=O) groups excluding carboxylic acids is 1. The van der Waals surface area contributed by atoms with Crippen LogP contribution >= 0.6 is 0 Å². The van der Waals surface area contributed by atoms with E-state index in [0.29, 0.717) is 22.6 Å². The van der Waals surface area contributed by atoms with E-state index in [1.54, 1.807) is 41.9 Å². The summed E-state index contributed by atoms with van der Waals surface area (Å²) in [6, 6.07) is 21.8. The van der Waals surface area contributed by atoms with Crippen molar-refractivity contribution in [2.75, 3.05) is 11.8 Å². The minimum absolute atomic E-state index is 0.0900. The number of benzene rings is 3. The monoisotopic (exact) mass is 424 g/mol. The molecule has 8 heteroatoms. The van der Waals surface area contributed by atoms with Crippen molar-refractivity contribution in [2.45, 2.75) is 4.90 Å². The molecule has 0 spiro atoms. The minimum atomic E-state index is -3.82. The molecule has 0 saturated heterocycles. The van der Waals surface area contributed by atoms with E-state index in [0.717, 1.165) is 5.56 Å². The normalized spacial score (nSPS) is 11.6.